The summed E-state index contributed by atoms with van der Waals surface area (Å²) in [7, 11) is 1.57. The number of carbonyl (C=O) groups excluding carboxylic acids is 1. The molecule has 2 amide bonds. The summed E-state index contributed by atoms with van der Waals surface area (Å²) < 4.78 is 44.3. The molecular formula is C15H18F3N5O2. The molecule has 1 aromatic heterocycles. The number of anilines is 1. The summed E-state index contributed by atoms with van der Waals surface area (Å²) in [6.07, 6.45) is -2.89. The SMILES string of the molecule is COCCn1cnnc1C(C)NC(=O)Nc1ccc(C(F)(F)F)cc1. The molecule has 0 aliphatic rings. The predicted molar refractivity (Wildman–Crippen MR) is 83.9 cm³/mol. The highest BCUT2D eigenvalue weighted by Gasteiger charge is 2.30. The average molecular weight is 357 g/mol. The Hall–Kier alpha value is -2.62. The number of alkyl halides is 3. The summed E-state index contributed by atoms with van der Waals surface area (Å²) in [5.74, 6) is 0.541. The van der Waals surface area contributed by atoms with Crippen molar-refractivity contribution in [3.8, 4) is 0 Å². The molecule has 10 heteroatoms. The van der Waals surface area contributed by atoms with Gasteiger partial charge in [-0.3, -0.25) is 0 Å². The number of carbonyl (C=O) groups is 1. The van der Waals surface area contributed by atoms with Crippen molar-refractivity contribution in [2.45, 2.75) is 25.7 Å². The molecule has 7 nitrogen and oxygen atoms in total. The highest BCUT2D eigenvalue weighted by Crippen LogP contribution is 2.29. The first-order chi connectivity index (χ1) is 11.8. The lowest BCUT2D eigenvalue weighted by Gasteiger charge is -2.15. The molecule has 0 bridgehead atoms. The fourth-order valence-electron chi connectivity index (χ4n) is 2.13. The van der Waals surface area contributed by atoms with Crippen LogP contribution in [0.25, 0.3) is 0 Å². The normalized spacial score (nSPS) is 12.7. The van der Waals surface area contributed by atoms with E-state index in [9.17, 15) is 18.0 Å². The van der Waals surface area contributed by atoms with Gasteiger partial charge in [0.15, 0.2) is 5.82 Å². The van der Waals surface area contributed by atoms with Crippen LogP contribution in [0.3, 0.4) is 0 Å². The van der Waals surface area contributed by atoms with Crippen molar-refractivity contribution >= 4 is 11.7 Å². The quantitative estimate of drug-likeness (QED) is 0.833. The van der Waals surface area contributed by atoms with Gasteiger partial charge in [0.2, 0.25) is 0 Å². The molecule has 2 rings (SSSR count). The maximum atomic E-state index is 12.5. The van der Waals surface area contributed by atoms with Crippen molar-refractivity contribution in [2.75, 3.05) is 19.0 Å². The lowest BCUT2D eigenvalue weighted by atomic mass is 10.2. The van der Waals surface area contributed by atoms with Gasteiger partial charge in [0, 0.05) is 19.3 Å². The number of methoxy groups -OCH3 is 1. The summed E-state index contributed by atoms with van der Waals surface area (Å²) in [5.41, 5.74) is -0.531. The van der Waals surface area contributed by atoms with Crippen LogP contribution in [0.5, 0.6) is 0 Å². The zero-order valence-electron chi connectivity index (χ0n) is 13.7. The third-order valence-corrected chi connectivity index (χ3v) is 3.39. The molecule has 0 aliphatic carbocycles. The van der Waals surface area contributed by atoms with Gasteiger partial charge in [-0.15, -0.1) is 10.2 Å². The van der Waals surface area contributed by atoms with E-state index in [1.165, 1.54) is 18.5 Å². The van der Waals surface area contributed by atoms with Gasteiger partial charge in [0.25, 0.3) is 0 Å². The van der Waals surface area contributed by atoms with E-state index in [0.29, 0.717) is 19.0 Å². The molecule has 1 aromatic carbocycles. The molecule has 1 heterocycles. The molecule has 0 saturated carbocycles. The van der Waals surface area contributed by atoms with Crippen LogP contribution in [0.1, 0.15) is 24.4 Å². The van der Waals surface area contributed by atoms with Crippen molar-refractivity contribution in [3.63, 3.8) is 0 Å². The molecule has 0 saturated heterocycles. The van der Waals surface area contributed by atoms with Crippen molar-refractivity contribution < 1.29 is 22.7 Å². The van der Waals surface area contributed by atoms with E-state index in [-0.39, 0.29) is 5.69 Å². The maximum absolute atomic E-state index is 12.5. The molecule has 0 aliphatic heterocycles. The summed E-state index contributed by atoms with van der Waals surface area (Å²) in [4.78, 5) is 12.0. The van der Waals surface area contributed by atoms with Gasteiger partial charge in [-0.2, -0.15) is 13.2 Å². The van der Waals surface area contributed by atoms with Gasteiger partial charge in [0.1, 0.15) is 6.33 Å². The van der Waals surface area contributed by atoms with Gasteiger partial charge in [-0.25, -0.2) is 4.79 Å². The number of nitrogens with one attached hydrogen (secondary N) is 2. The Morgan fingerprint density at radius 2 is 2.00 bits per heavy atom. The van der Waals surface area contributed by atoms with Gasteiger partial charge in [-0.05, 0) is 31.2 Å². The summed E-state index contributed by atoms with van der Waals surface area (Å²) >= 11 is 0. The standard InChI is InChI=1S/C15H18F3N5O2/c1-10(13-22-19-9-23(13)7-8-25-2)20-14(24)21-12-5-3-11(4-6-12)15(16,17)18/h3-6,9-10H,7-8H2,1-2H3,(H2,20,21,24). The fourth-order valence-corrected chi connectivity index (χ4v) is 2.13. The molecule has 0 fully saturated rings. The Bertz CT molecular complexity index is 700. The second-order valence-electron chi connectivity index (χ2n) is 5.27. The van der Waals surface area contributed by atoms with Crippen LogP contribution >= 0.6 is 0 Å². The molecule has 1 unspecified atom stereocenters. The number of urea groups is 1. The summed E-state index contributed by atoms with van der Waals surface area (Å²) in [6, 6.07) is 3.17. The summed E-state index contributed by atoms with van der Waals surface area (Å²) in [5, 5.41) is 12.9. The zero-order valence-corrected chi connectivity index (χ0v) is 13.7. The number of hydrogen-bond acceptors (Lipinski definition) is 4. The number of hydrogen-bond donors (Lipinski definition) is 2. The highest BCUT2D eigenvalue weighted by molar-refractivity contribution is 5.89. The third kappa shape index (κ3) is 5.18. The van der Waals surface area contributed by atoms with Gasteiger partial charge < -0.3 is 19.9 Å². The Labute approximate surface area is 142 Å². The van der Waals surface area contributed by atoms with E-state index in [0.717, 1.165) is 12.1 Å². The number of ether oxygens (including phenoxy) is 1. The Balaban J connectivity index is 1.94. The smallest absolute Gasteiger partial charge is 0.383 e. The molecule has 0 radical (unpaired) electrons. The van der Waals surface area contributed by atoms with E-state index in [1.807, 2.05) is 0 Å². The first kappa shape index (κ1) is 18.7. The van der Waals surface area contributed by atoms with Crippen LogP contribution in [0.15, 0.2) is 30.6 Å². The zero-order chi connectivity index (χ0) is 18.4. The molecular weight excluding hydrogens is 339 g/mol. The van der Waals surface area contributed by atoms with E-state index in [1.54, 1.807) is 18.6 Å². The second kappa shape index (κ2) is 7.97. The largest absolute Gasteiger partial charge is 0.416 e. The molecule has 0 spiro atoms. The number of halogens is 3. The van der Waals surface area contributed by atoms with Crippen molar-refractivity contribution in [3.05, 3.63) is 42.0 Å². The van der Waals surface area contributed by atoms with Crippen molar-refractivity contribution in [1.29, 1.82) is 0 Å². The number of benzene rings is 1. The highest BCUT2D eigenvalue weighted by atomic mass is 19.4. The first-order valence-corrected chi connectivity index (χ1v) is 7.42. The maximum Gasteiger partial charge on any atom is 0.416 e. The van der Waals surface area contributed by atoms with E-state index in [4.69, 9.17) is 4.74 Å². The van der Waals surface area contributed by atoms with E-state index in [2.05, 4.69) is 20.8 Å². The van der Waals surface area contributed by atoms with E-state index >= 15 is 0 Å². The van der Waals surface area contributed by atoms with Crippen LogP contribution in [0, 0.1) is 0 Å². The van der Waals surface area contributed by atoms with Crippen molar-refractivity contribution in [1.82, 2.24) is 20.1 Å². The van der Waals surface area contributed by atoms with E-state index < -0.39 is 23.8 Å². The number of rotatable bonds is 6. The van der Waals surface area contributed by atoms with Crippen LogP contribution in [0.2, 0.25) is 0 Å². The Morgan fingerprint density at radius 3 is 2.60 bits per heavy atom. The minimum absolute atomic E-state index is 0.249. The van der Waals surface area contributed by atoms with Gasteiger partial charge in [-0.1, -0.05) is 0 Å². The van der Waals surface area contributed by atoms with Crippen molar-refractivity contribution in [2.24, 2.45) is 0 Å². The van der Waals surface area contributed by atoms with Crippen LogP contribution < -0.4 is 10.6 Å². The average Bonchev–Trinajstić information content (AvgIpc) is 3.01. The number of nitrogens with zero attached hydrogens (tertiary/aromatic N) is 3. The molecule has 25 heavy (non-hydrogen) atoms. The van der Waals surface area contributed by atoms with Gasteiger partial charge in [0.05, 0.1) is 18.2 Å². The minimum Gasteiger partial charge on any atom is -0.383 e. The number of amides is 2. The molecule has 1 atom stereocenters. The topological polar surface area (TPSA) is 81.1 Å². The van der Waals surface area contributed by atoms with Gasteiger partial charge >= 0.3 is 12.2 Å². The third-order valence-electron chi connectivity index (χ3n) is 3.39. The molecule has 2 N–H and O–H groups in total. The minimum atomic E-state index is -4.42. The fraction of sp³-hybridized carbons (Fsp3) is 0.400. The number of aromatic nitrogens is 3. The monoisotopic (exact) mass is 357 g/mol. The van der Waals surface area contributed by atoms with Crippen LogP contribution in [0.4, 0.5) is 23.7 Å². The van der Waals surface area contributed by atoms with Crippen LogP contribution in [-0.4, -0.2) is 34.5 Å². The first-order valence-electron chi connectivity index (χ1n) is 7.42. The Morgan fingerprint density at radius 1 is 1.32 bits per heavy atom. The second-order valence-corrected chi connectivity index (χ2v) is 5.27. The van der Waals surface area contributed by atoms with Crippen LogP contribution in [-0.2, 0) is 17.5 Å². The lowest BCUT2D eigenvalue weighted by molar-refractivity contribution is -0.137. The molecule has 2 aromatic rings. The predicted octanol–water partition coefficient (Wildman–Crippen LogP) is 2.83. The summed E-state index contributed by atoms with van der Waals surface area (Å²) in [6.45, 7) is 2.72. The molecule has 136 valence electrons. The lowest BCUT2D eigenvalue weighted by Crippen LogP contribution is -2.32. The Kier molecular flexibility index (Phi) is 5.97.